The van der Waals surface area contributed by atoms with Crippen LogP contribution >= 0.6 is 23.2 Å². The summed E-state index contributed by atoms with van der Waals surface area (Å²) >= 11 is 12.6. The third-order valence-electron chi connectivity index (χ3n) is 4.65. The minimum atomic E-state index is -0.552. The number of aryl methyl sites for hydroxylation is 1. The predicted molar refractivity (Wildman–Crippen MR) is 125 cm³/mol. The second-order valence-electron chi connectivity index (χ2n) is 6.87. The quantitative estimate of drug-likeness (QED) is 0.305. The molecule has 3 aromatic carbocycles. The largest absolute Gasteiger partial charge is 0.486 e. The second kappa shape index (κ2) is 10.8. The van der Waals surface area contributed by atoms with Gasteiger partial charge >= 0.3 is 0 Å². The number of benzene rings is 3. The van der Waals surface area contributed by atoms with Crippen molar-refractivity contribution in [1.29, 1.82) is 5.26 Å². The number of rotatable bonds is 7. The summed E-state index contributed by atoms with van der Waals surface area (Å²) in [6, 6.07) is 18.5. The lowest BCUT2D eigenvalue weighted by Crippen LogP contribution is -2.13. The number of carbonyl (C=O) groups is 1. The minimum Gasteiger partial charge on any atom is -0.486 e. The van der Waals surface area contributed by atoms with Gasteiger partial charge in [-0.15, -0.1) is 0 Å². The van der Waals surface area contributed by atoms with Crippen molar-refractivity contribution in [2.45, 2.75) is 20.0 Å². The van der Waals surface area contributed by atoms with Crippen molar-refractivity contribution in [2.24, 2.45) is 0 Å². The molecule has 0 unspecified atom stereocenters. The first-order valence-corrected chi connectivity index (χ1v) is 10.5. The van der Waals surface area contributed by atoms with Crippen LogP contribution in [-0.4, -0.2) is 5.91 Å². The number of ether oxygens (including phenoxy) is 1. The molecule has 32 heavy (non-hydrogen) atoms. The Labute approximate surface area is 195 Å². The number of nitrogens with zero attached hydrogens (tertiary/aromatic N) is 1. The number of carbonyl (C=O) groups excluding carboxylic acids is 1. The molecule has 1 N–H and O–H groups in total. The van der Waals surface area contributed by atoms with Crippen molar-refractivity contribution < 1.29 is 13.9 Å². The molecule has 3 rings (SSSR count). The van der Waals surface area contributed by atoms with Gasteiger partial charge in [-0.1, -0.05) is 60.5 Å². The lowest BCUT2D eigenvalue weighted by Gasteiger charge is -2.12. The molecular weight excluding hydrogens is 450 g/mol. The highest BCUT2D eigenvalue weighted by atomic mass is 35.5. The third kappa shape index (κ3) is 5.88. The van der Waals surface area contributed by atoms with Crippen LogP contribution in [0.15, 0.2) is 66.2 Å². The summed E-state index contributed by atoms with van der Waals surface area (Å²) in [5.74, 6) is -0.759. The maximum Gasteiger partial charge on any atom is 0.266 e. The van der Waals surface area contributed by atoms with E-state index in [-0.39, 0.29) is 28.0 Å². The second-order valence-corrected chi connectivity index (χ2v) is 7.68. The SMILES string of the molecule is CCc1ccc(NC(=O)/C(C#N)=C/c2cc(Cl)c(OCc3ccccc3F)c(Cl)c2)cc1. The van der Waals surface area contributed by atoms with Gasteiger partial charge in [-0.2, -0.15) is 5.26 Å². The zero-order valence-electron chi connectivity index (χ0n) is 17.2. The predicted octanol–water partition coefficient (Wildman–Crippen LogP) is 6.82. The molecule has 1 amide bonds. The van der Waals surface area contributed by atoms with Crippen molar-refractivity contribution in [3.8, 4) is 11.8 Å². The zero-order valence-corrected chi connectivity index (χ0v) is 18.7. The van der Waals surface area contributed by atoms with E-state index in [4.69, 9.17) is 27.9 Å². The minimum absolute atomic E-state index is 0.0516. The molecule has 0 saturated heterocycles. The lowest BCUT2D eigenvalue weighted by atomic mass is 10.1. The van der Waals surface area contributed by atoms with Crippen LogP contribution in [0.25, 0.3) is 6.08 Å². The Morgan fingerprint density at radius 2 is 1.78 bits per heavy atom. The standard InChI is InChI=1S/C25H19Cl2FN2O2/c1-2-16-7-9-20(10-8-16)30-25(31)19(14-29)11-17-12-21(26)24(22(27)13-17)32-15-18-5-3-4-6-23(18)28/h3-13H,2,15H2,1H3,(H,30,31)/b19-11+. The van der Waals surface area contributed by atoms with Crippen LogP contribution in [0.5, 0.6) is 5.75 Å². The molecule has 162 valence electrons. The van der Waals surface area contributed by atoms with Crippen LogP contribution in [0.4, 0.5) is 10.1 Å². The smallest absolute Gasteiger partial charge is 0.266 e. The molecule has 0 bridgehead atoms. The number of hydrogen-bond donors (Lipinski definition) is 1. The normalized spacial score (nSPS) is 11.0. The molecular formula is C25H19Cl2FN2O2. The highest BCUT2D eigenvalue weighted by Crippen LogP contribution is 2.35. The van der Waals surface area contributed by atoms with Crippen LogP contribution in [0.2, 0.25) is 10.0 Å². The van der Waals surface area contributed by atoms with Gasteiger partial charge in [0, 0.05) is 11.3 Å². The monoisotopic (exact) mass is 468 g/mol. The summed E-state index contributed by atoms with van der Waals surface area (Å²) in [5.41, 5.74) is 2.42. The summed E-state index contributed by atoms with van der Waals surface area (Å²) < 4.78 is 19.4. The molecule has 7 heteroatoms. The fraction of sp³-hybridized carbons (Fsp3) is 0.120. The van der Waals surface area contributed by atoms with Crippen LogP contribution in [-0.2, 0) is 17.8 Å². The van der Waals surface area contributed by atoms with Crippen molar-refractivity contribution in [3.05, 3.63) is 98.8 Å². The molecule has 0 aliphatic carbocycles. The summed E-state index contributed by atoms with van der Waals surface area (Å²) in [4.78, 5) is 12.5. The number of amides is 1. The molecule has 4 nitrogen and oxygen atoms in total. The van der Waals surface area contributed by atoms with E-state index in [9.17, 15) is 14.4 Å². The van der Waals surface area contributed by atoms with E-state index in [1.54, 1.807) is 30.3 Å². The Kier molecular flexibility index (Phi) is 7.88. The van der Waals surface area contributed by atoms with Crippen LogP contribution < -0.4 is 10.1 Å². The molecule has 0 spiro atoms. The van der Waals surface area contributed by atoms with E-state index < -0.39 is 11.7 Å². The number of nitrogens with one attached hydrogen (secondary N) is 1. The molecule has 3 aromatic rings. The van der Waals surface area contributed by atoms with Gasteiger partial charge in [0.1, 0.15) is 24.1 Å². The number of nitriles is 1. The van der Waals surface area contributed by atoms with Gasteiger partial charge in [0.2, 0.25) is 0 Å². The van der Waals surface area contributed by atoms with Gasteiger partial charge in [-0.25, -0.2) is 4.39 Å². The topological polar surface area (TPSA) is 62.1 Å². The number of halogens is 3. The first-order chi connectivity index (χ1) is 15.4. The fourth-order valence-electron chi connectivity index (χ4n) is 2.90. The van der Waals surface area contributed by atoms with Crippen molar-refractivity contribution in [3.63, 3.8) is 0 Å². The lowest BCUT2D eigenvalue weighted by molar-refractivity contribution is -0.112. The number of hydrogen-bond acceptors (Lipinski definition) is 3. The Hall–Kier alpha value is -3.33. The van der Waals surface area contributed by atoms with Crippen LogP contribution in [0.1, 0.15) is 23.6 Å². The maximum absolute atomic E-state index is 13.8. The molecule has 0 aliphatic rings. The van der Waals surface area contributed by atoms with Gasteiger partial charge in [0.05, 0.1) is 10.0 Å². The average Bonchev–Trinajstić information content (AvgIpc) is 2.78. The van der Waals surface area contributed by atoms with Crippen molar-refractivity contribution >= 4 is 40.9 Å². The van der Waals surface area contributed by atoms with Crippen molar-refractivity contribution in [1.82, 2.24) is 0 Å². The first-order valence-electron chi connectivity index (χ1n) is 9.78. The van der Waals surface area contributed by atoms with Gasteiger partial charge in [0.15, 0.2) is 5.75 Å². The summed E-state index contributed by atoms with van der Waals surface area (Å²) in [6.45, 7) is 1.99. The van der Waals surface area contributed by atoms with Gasteiger partial charge in [-0.3, -0.25) is 4.79 Å². The molecule has 0 atom stereocenters. The van der Waals surface area contributed by atoms with Crippen LogP contribution in [0.3, 0.4) is 0 Å². The highest BCUT2D eigenvalue weighted by Gasteiger charge is 2.14. The molecule has 0 radical (unpaired) electrons. The summed E-state index contributed by atoms with van der Waals surface area (Å²) in [5, 5.41) is 12.5. The molecule has 0 saturated carbocycles. The average molecular weight is 469 g/mol. The Bertz CT molecular complexity index is 1180. The zero-order chi connectivity index (χ0) is 23.1. The highest BCUT2D eigenvalue weighted by molar-refractivity contribution is 6.37. The number of anilines is 1. The third-order valence-corrected chi connectivity index (χ3v) is 5.21. The van der Waals surface area contributed by atoms with Crippen molar-refractivity contribution in [2.75, 3.05) is 5.32 Å². The van der Waals surface area contributed by atoms with Crippen LogP contribution in [0, 0.1) is 17.1 Å². The maximum atomic E-state index is 13.8. The Balaban J connectivity index is 1.76. The molecule has 0 heterocycles. The van der Waals surface area contributed by atoms with Gasteiger partial charge < -0.3 is 10.1 Å². The first kappa shape index (κ1) is 23.3. The summed E-state index contributed by atoms with van der Waals surface area (Å²) in [7, 11) is 0. The molecule has 0 fully saturated rings. The van der Waals surface area contributed by atoms with Gasteiger partial charge in [-0.05, 0) is 54.0 Å². The van der Waals surface area contributed by atoms with Gasteiger partial charge in [0.25, 0.3) is 5.91 Å². The van der Waals surface area contributed by atoms with E-state index in [1.165, 1.54) is 24.3 Å². The van der Waals surface area contributed by atoms with E-state index in [0.717, 1.165) is 12.0 Å². The van der Waals surface area contributed by atoms with E-state index in [0.29, 0.717) is 16.8 Å². The Morgan fingerprint density at radius 3 is 2.38 bits per heavy atom. The Morgan fingerprint density at radius 1 is 1.12 bits per heavy atom. The van der Waals surface area contributed by atoms with E-state index in [2.05, 4.69) is 5.32 Å². The molecule has 0 aliphatic heterocycles. The molecule has 0 aromatic heterocycles. The fourth-order valence-corrected chi connectivity index (χ4v) is 3.52. The van der Waals surface area contributed by atoms with E-state index >= 15 is 0 Å². The summed E-state index contributed by atoms with van der Waals surface area (Å²) in [6.07, 6.45) is 2.27. The van der Waals surface area contributed by atoms with E-state index in [1.807, 2.05) is 25.1 Å².